The molecule has 0 aromatic carbocycles. The van der Waals surface area contributed by atoms with Gasteiger partial charge in [0.25, 0.3) is 0 Å². The minimum atomic E-state index is 0.863. The second-order valence-corrected chi connectivity index (χ2v) is 5.71. The normalized spacial score (nSPS) is 22.5. The summed E-state index contributed by atoms with van der Waals surface area (Å²) in [5, 5.41) is 4.34. The molecule has 16 heavy (non-hydrogen) atoms. The van der Waals surface area contributed by atoms with E-state index in [1.54, 1.807) is 7.11 Å². The largest absolute Gasteiger partial charge is 0.385 e. The second-order valence-electron chi connectivity index (χ2n) is 4.30. The van der Waals surface area contributed by atoms with Crippen molar-refractivity contribution in [2.45, 2.75) is 25.0 Å². The maximum absolute atomic E-state index is 5.01. The lowest BCUT2D eigenvalue weighted by atomic mass is 10.3. The van der Waals surface area contributed by atoms with Gasteiger partial charge in [-0.1, -0.05) is 6.92 Å². The molecule has 0 aliphatic carbocycles. The first-order chi connectivity index (χ1) is 7.86. The summed E-state index contributed by atoms with van der Waals surface area (Å²) in [5.41, 5.74) is 0. The van der Waals surface area contributed by atoms with Crippen molar-refractivity contribution in [1.29, 1.82) is 0 Å². The summed E-state index contributed by atoms with van der Waals surface area (Å²) >= 11 is 2.14. The van der Waals surface area contributed by atoms with Crippen LogP contribution in [0.4, 0.5) is 0 Å². The molecule has 1 heterocycles. The fraction of sp³-hybridized carbons (Fsp3) is 1.00. The molecule has 1 rings (SSSR count). The topological polar surface area (TPSA) is 24.5 Å². The molecule has 0 aromatic heterocycles. The first kappa shape index (κ1) is 14.3. The Morgan fingerprint density at radius 2 is 2.31 bits per heavy atom. The maximum Gasteiger partial charge on any atom is 0.0474 e. The van der Waals surface area contributed by atoms with E-state index in [1.165, 1.54) is 31.8 Å². The van der Waals surface area contributed by atoms with Gasteiger partial charge in [0.1, 0.15) is 0 Å². The Morgan fingerprint density at radius 3 is 3.06 bits per heavy atom. The Kier molecular flexibility index (Phi) is 8.29. The standard InChI is InChI=1S/C12H26N2OS/c1-3-12-11-14(8-10-16-12)7-6-13-5-4-9-15-2/h12-13H,3-11H2,1-2H3. The highest BCUT2D eigenvalue weighted by Crippen LogP contribution is 2.20. The first-order valence-corrected chi connectivity index (χ1v) is 7.45. The van der Waals surface area contributed by atoms with Crippen molar-refractivity contribution in [3.05, 3.63) is 0 Å². The molecule has 1 unspecified atom stereocenters. The third kappa shape index (κ3) is 6.09. The highest BCUT2D eigenvalue weighted by atomic mass is 32.2. The van der Waals surface area contributed by atoms with Gasteiger partial charge in [0.05, 0.1) is 0 Å². The second kappa shape index (κ2) is 9.28. The number of hydrogen-bond acceptors (Lipinski definition) is 4. The van der Waals surface area contributed by atoms with Crippen molar-refractivity contribution in [3.63, 3.8) is 0 Å². The summed E-state index contributed by atoms with van der Waals surface area (Å²) in [4.78, 5) is 2.59. The van der Waals surface area contributed by atoms with Crippen molar-refractivity contribution in [1.82, 2.24) is 10.2 Å². The van der Waals surface area contributed by atoms with Gasteiger partial charge >= 0.3 is 0 Å². The number of methoxy groups -OCH3 is 1. The summed E-state index contributed by atoms with van der Waals surface area (Å²) in [6.07, 6.45) is 2.42. The van der Waals surface area contributed by atoms with E-state index in [1.807, 2.05) is 0 Å². The zero-order valence-electron chi connectivity index (χ0n) is 10.7. The van der Waals surface area contributed by atoms with Crippen LogP contribution in [0.3, 0.4) is 0 Å². The van der Waals surface area contributed by atoms with E-state index in [0.29, 0.717) is 0 Å². The molecule has 96 valence electrons. The van der Waals surface area contributed by atoms with E-state index < -0.39 is 0 Å². The van der Waals surface area contributed by atoms with Gasteiger partial charge in [0, 0.05) is 50.9 Å². The molecule has 0 spiro atoms. The van der Waals surface area contributed by atoms with Gasteiger partial charge in [-0.3, -0.25) is 0 Å². The molecule has 1 atom stereocenters. The number of nitrogens with zero attached hydrogens (tertiary/aromatic N) is 1. The zero-order chi connectivity index (χ0) is 11.6. The van der Waals surface area contributed by atoms with E-state index in [9.17, 15) is 0 Å². The fourth-order valence-corrected chi connectivity index (χ4v) is 3.18. The van der Waals surface area contributed by atoms with E-state index in [-0.39, 0.29) is 0 Å². The average molecular weight is 246 g/mol. The van der Waals surface area contributed by atoms with Crippen LogP contribution >= 0.6 is 11.8 Å². The maximum atomic E-state index is 5.01. The van der Waals surface area contributed by atoms with Crippen LogP contribution in [0.5, 0.6) is 0 Å². The molecule has 1 fully saturated rings. The number of rotatable bonds is 8. The van der Waals surface area contributed by atoms with Gasteiger partial charge in [-0.05, 0) is 19.4 Å². The number of thioether (sulfide) groups is 1. The Bertz CT molecular complexity index is 169. The summed E-state index contributed by atoms with van der Waals surface area (Å²) in [6.45, 7) is 9.10. The fourth-order valence-electron chi connectivity index (χ4n) is 1.93. The number of hydrogen-bond donors (Lipinski definition) is 1. The molecule has 0 saturated carbocycles. The Balaban J connectivity index is 1.95. The van der Waals surface area contributed by atoms with Crippen LogP contribution in [0.2, 0.25) is 0 Å². The highest BCUT2D eigenvalue weighted by Gasteiger charge is 2.17. The van der Waals surface area contributed by atoms with Crippen LogP contribution in [0.25, 0.3) is 0 Å². The van der Waals surface area contributed by atoms with E-state index >= 15 is 0 Å². The third-order valence-corrected chi connectivity index (χ3v) is 4.36. The molecule has 1 aliphatic heterocycles. The van der Waals surface area contributed by atoms with E-state index in [0.717, 1.165) is 31.4 Å². The van der Waals surface area contributed by atoms with Crippen LogP contribution in [-0.2, 0) is 4.74 Å². The molecule has 4 heteroatoms. The first-order valence-electron chi connectivity index (χ1n) is 6.40. The van der Waals surface area contributed by atoms with Crippen molar-refractivity contribution in [3.8, 4) is 0 Å². The lowest BCUT2D eigenvalue weighted by Crippen LogP contribution is -2.41. The van der Waals surface area contributed by atoms with Crippen LogP contribution < -0.4 is 5.32 Å². The predicted octanol–water partition coefficient (Wildman–Crippen LogP) is 1.44. The highest BCUT2D eigenvalue weighted by molar-refractivity contribution is 8.00. The molecule has 1 saturated heterocycles. The lowest BCUT2D eigenvalue weighted by molar-refractivity contribution is 0.193. The summed E-state index contributed by atoms with van der Waals surface area (Å²) in [5.74, 6) is 1.31. The van der Waals surface area contributed by atoms with Crippen LogP contribution in [-0.4, -0.2) is 62.3 Å². The molecule has 0 bridgehead atoms. The third-order valence-electron chi connectivity index (χ3n) is 2.99. The van der Waals surface area contributed by atoms with E-state index in [4.69, 9.17) is 4.74 Å². The minimum Gasteiger partial charge on any atom is -0.385 e. The SMILES string of the molecule is CCC1CN(CCNCCCOC)CCS1. The molecule has 0 amide bonds. The molecule has 0 aromatic rings. The van der Waals surface area contributed by atoms with Gasteiger partial charge in [-0.2, -0.15) is 11.8 Å². The Labute approximate surface area is 104 Å². The predicted molar refractivity (Wildman–Crippen MR) is 72.3 cm³/mol. The summed E-state index contributed by atoms with van der Waals surface area (Å²) in [7, 11) is 1.76. The van der Waals surface area contributed by atoms with Gasteiger partial charge < -0.3 is 15.0 Å². The monoisotopic (exact) mass is 246 g/mol. The van der Waals surface area contributed by atoms with Crippen LogP contribution in [0.15, 0.2) is 0 Å². The number of ether oxygens (including phenoxy) is 1. The van der Waals surface area contributed by atoms with Crippen LogP contribution in [0.1, 0.15) is 19.8 Å². The van der Waals surface area contributed by atoms with Crippen LogP contribution in [0, 0.1) is 0 Å². The van der Waals surface area contributed by atoms with Crippen molar-refractivity contribution < 1.29 is 4.74 Å². The van der Waals surface area contributed by atoms with E-state index in [2.05, 4.69) is 28.9 Å². The molecule has 0 radical (unpaired) electrons. The summed E-state index contributed by atoms with van der Waals surface area (Å²) < 4.78 is 5.01. The van der Waals surface area contributed by atoms with Crippen molar-refractivity contribution >= 4 is 11.8 Å². The Morgan fingerprint density at radius 1 is 1.44 bits per heavy atom. The lowest BCUT2D eigenvalue weighted by Gasteiger charge is -2.31. The average Bonchev–Trinajstić information content (AvgIpc) is 2.34. The molecular weight excluding hydrogens is 220 g/mol. The van der Waals surface area contributed by atoms with Gasteiger partial charge in [-0.25, -0.2) is 0 Å². The van der Waals surface area contributed by atoms with Crippen molar-refractivity contribution in [2.24, 2.45) is 0 Å². The van der Waals surface area contributed by atoms with Crippen molar-refractivity contribution in [2.75, 3.05) is 52.2 Å². The molecule has 3 nitrogen and oxygen atoms in total. The number of nitrogens with one attached hydrogen (secondary N) is 1. The van der Waals surface area contributed by atoms with Gasteiger partial charge in [-0.15, -0.1) is 0 Å². The van der Waals surface area contributed by atoms with Gasteiger partial charge in [0.15, 0.2) is 0 Å². The molecular formula is C12H26N2OS. The van der Waals surface area contributed by atoms with Gasteiger partial charge in [0.2, 0.25) is 0 Å². The molecule has 1 N–H and O–H groups in total. The smallest absolute Gasteiger partial charge is 0.0474 e. The Hall–Kier alpha value is 0.230. The minimum absolute atomic E-state index is 0.863. The molecule has 1 aliphatic rings. The quantitative estimate of drug-likeness (QED) is 0.655. The summed E-state index contributed by atoms with van der Waals surface area (Å²) in [6, 6.07) is 0. The zero-order valence-corrected chi connectivity index (χ0v) is 11.5.